The molecule has 0 aromatic heterocycles. The molecule has 0 bridgehead atoms. The zero-order valence-corrected chi connectivity index (χ0v) is 35.0. The van der Waals surface area contributed by atoms with Crippen LogP contribution in [0.15, 0.2) is 30.3 Å². The lowest BCUT2D eigenvalue weighted by atomic mass is 9.43. The number of rotatable bonds is 10. The van der Waals surface area contributed by atoms with Gasteiger partial charge in [-0.15, -0.1) is 0 Å². The van der Waals surface area contributed by atoms with Gasteiger partial charge in [0.1, 0.15) is 53.6 Å². The average molecular weight is 815 g/mol. The number of aliphatic hydroxyl groups is 2. The van der Waals surface area contributed by atoms with E-state index < -0.39 is 102 Å². The van der Waals surface area contributed by atoms with Crippen LogP contribution in [-0.2, 0) is 52.2 Å². The maximum absolute atomic E-state index is 14.0. The molecule has 2 N–H and O–H groups in total. The predicted molar refractivity (Wildman–Crippen MR) is 204 cm³/mol. The van der Waals surface area contributed by atoms with E-state index in [2.05, 4.69) is 6.92 Å². The number of aliphatic hydroxyl groups excluding tert-OH is 2. The summed E-state index contributed by atoms with van der Waals surface area (Å²) in [5.74, 6) is -1.51. The minimum absolute atomic E-state index is 0.0215. The summed E-state index contributed by atoms with van der Waals surface area (Å²) in [7, 11) is 3.04. The Morgan fingerprint density at radius 1 is 0.793 bits per heavy atom. The van der Waals surface area contributed by atoms with Crippen molar-refractivity contribution in [2.75, 3.05) is 14.2 Å². The molecule has 19 atom stereocenters. The number of Topliss-reactive ketones (excluding diaryl/α,β-unsaturated/α-hetero) is 1. The van der Waals surface area contributed by atoms with Crippen molar-refractivity contribution in [1.29, 1.82) is 0 Å². The third-order valence-corrected chi connectivity index (χ3v) is 15.8. The fourth-order valence-corrected chi connectivity index (χ4v) is 13.1. The lowest BCUT2D eigenvalue weighted by Gasteiger charge is -2.61. The first-order valence-corrected chi connectivity index (χ1v) is 21.2. The van der Waals surface area contributed by atoms with Crippen molar-refractivity contribution >= 4 is 17.7 Å². The topological polar surface area (TPSA) is 178 Å². The number of carbonyl (C=O) groups excluding carboxylic acids is 3. The molecule has 0 amide bonds. The smallest absolute Gasteiger partial charge is 0.338 e. The van der Waals surface area contributed by atoms with Gasteiger partial charge in [-0.3, -0.25) is 9.59 Å². The van der Waals surface area contributed by atoms with Crippen LogP contribution in [0.4, 0.5) is 0 Å². The summed E-state index contributed by atoms with van der Waals surface area (Å²) in [6.07, 6.45) is -3.22. The van der Waals surface area contributed by atoms with Crippen molar-refractivity contribution < 1.29 is 67.2 Å². The summed E-state index contributed by atoms with van der Waals surface area (Å²) in [4.78, 5) is 40.3. The Kier molecular flexibility index (Phi) is 11.2. The molecule has 4 saturated carbocycles. The third kappa shape index (κ3) is 6.42. The van der Waals surface area contributed by atoms with Crippen molar-refractivity contribution in [3.8, 4) is 0 Å². The summed E-state index contributed by atoms with van der Waals surface area (Å²) in [5.41, 5.74) is -2.18. The van der Waals surface area contributed by atoms with Gasteiger partial charge in [0.05, 0.1) is 30.0 Å². The first kappa shape index (κ1) is 42.2. The standard InChI is InChI=1S/C44H62O14/c1-22(45)29-16-19-44-42(29,6)38(54-25(4)46)36(56-39(49)26-12-10-9-11-13-26)37-41(5)17-15-28(20-27(41)14-18-43(37,44)58-44)55-31-21-30(50-7)34(24(3)52-31)57-40-33(48)35(51-8)32(47)23(2)53-40/h9-13,23-24,27-38,40,47-48H,14-21H2,1-8H3/t23?,24?,27-,28?,29-,30?,31?,32?,33?,34?,35?,36?,37+,38?,40?,41+,42+,43+,44-/m1/s1. The maximum Gasteiger partial charge on any atom is 0.338 e. The molecule has 7 fully saturated rings. The minimum atomic E-state index is -1.22. The molecule has 7 aliphatic rings. The average Bonchev–Trinajstić information content (AvgIpc) is 3.74. The molecule has 1 aromatic carbocycles. The van der Waals surface area contributed by atoms with Gasteiger partial charge in [0, 0.05) is 44.8 Å². The Labute approximate surface area is 340 Å². The van der Waals surface area contributed by atoms with E-state index in [4.69, 9.17) is 42.6 Å². The highest BCUT2D eigenvalue weighted by atomic mass is 16.7. The number of esters is 2. The van der Waals surface area contributed by atoms with Gasteiger partial charge >= 0.3 is 11.9 Å². The van der Waals surface area contributed by atoms with Gasteiger partial charge in [-0.2, -0.15) is 0 Å². The first-order valence-electron chi connectivity index (χ1n) is 21.2. The number of epoxide rings is 1. The predicted octanol–water partition coefficient (Wildman–Crippen LogP) is 4.29. The van der Waals surface area contributed by atoms with E-state index in [1.807, 2.05) is 19.9 Å². The fourth-order valence-electron chi connectivity index (χ4n) is 13.1. The first-order chi connectivity index (χ1) is 27.5. The summed E-state index contributed by atoms with van der Waals surface area (Å²) in [6.45, 7) is 10.9. The molecular weight excluding hydrogens is 752 g/mol. The van der Waals surface area contributed by atoms with Crippen molar-refractivity contribution in [2.24, 2.45) is 28.6 Å². The van der Waals surface area contributed by atoms with E-state index in [0.717, 1.165) is 25.7 Å². The van der Waals surface area contributed by atoms with E-state index >= 15 is 0 Å². The molecule has 1 aromatic rings. The number of fused-ring (bicyclic) bond motifs is 2. The molecule has 8 rings (SSSR count). The minimum Gasteiger partial charge on any atom is -0.458 e. The third-order valence-electron chi connectivity index (χ3n) is 15.8. The van der Waals surface area contributed by atoms with Crippen LogP contribution in [0.2, 0.25) is 0 Å². The van der Waals surface area contributed by atoms with Crippen LogP contribution in [0.1, 0.15) is 103 Å². The number of hydrogen-bond acceptors (Lipinski definition) is 14. The number of ketones is 1. The summed E-state index contributed by atoms with van der Waals surface area (Å²) < 4.78 is 56.6. The Morgan fingerprint density at radius 2 is 1.53 bits per heavy atom. The van der Waals surface area contributed by atoms with Crippen molar-refractivity contribution in [2.45, 2.75) is 178 Å². The largest absolute Gasteiger partial charge is 0.458 e. The Balaban J connectivity index is 1.02. The molecular formula is C44H62O14. The molecule has 0 radical (unpaired) electrons. The van der Waals surface area contributed by atoms with Gasteiger partial charge in [0.15, 0.2) is 12.6 Å². The number of ether oxygens (including phenoxy) is 9. The van der Waals surface area contributed by atoms with E-state index in [1.54, 1.807) is 45.2 Å². The van der Waals surface area contributed by atoms with Gasteiger partial charge in [0.2, 0.25) is 0 Å². The van der Waals surface area contributed by atoms with E-state index in [-0.39, 0.29) is 29.1 Å². The molecule has 4 aliphatic carbocycles. The highest BCUT2D eigenvalue weighted by molar-refractivity contribution is 5.89. The lowest BCUT2D eigenvalue weighted by molar-refractivity contribution is -0.343. The second kappa shape index (κ2) is 15.4. The number of hydrogen-bond donors (Lipinski definition) is 2. The molecule has 2 spiro atoms. The van der Waals surface area contributed by atoms with Crippen LogP contribution in [0.3, 0.4) is 0 Å². The van der Waals surface area contributed by atoms with Crippen LogP contribution < -0.4 is 0 Å². The zero-order chi connectivity index (χ0) is 41.5. The van der Waals surface area contributed by atoms with Gasteiger partial charge < -0.3 is 52.8 Å². The fraction of sp³-hybridized carbons (Fsp3) is 0.795. The Morgan fingerprint density at radius 3 is 2.21 bits per heavy atom. The second-order valence-electron chi connectivity index (χ2n) is 18.6. The molecule has 14 heteroatoms. The van der Waals surface area contributed by atoms with E-state index in [1.165, 1.54) is 14.0 Å². The Bertz CT molecular complexity index is 1710. The quantitative estimate of drug-likeness (QED) is 0.194. The van der Waals surface area contributed by atoms with Crippen LogP contribution in [0.5, 0.6) is 0 Å². The normalized spacial score (nSPS) is 49.4. The van der Waals surface area contributed by atoms with Crippen LogP contribution in [-0.4, -0.2) is 127 Å². The monoisotopic (exact) mass is 814 g/mol. The van der Waals surface area contributed by atoms with Crippen LogP contribution in [0, 0.1) is 28.6 Å². The molecule has 14 nitrogen and oxygen atoms in total. The molecule has 3 heterocycles. The number of methoxy groups -OCH3 is 2. The molecule has 58 heavy (non-hydrogen) atoms. The van der Waals surface area contributed by atoms with E-state index in [9.17, 15) is 24.6 Å². The van der Waals surface area contributed by atoms with Crippen molar-refractivity contribution in [3.05, 3.63) is 35.9 Å². The maximum atomic E-state index is 14.0. The highest BCUT2D eigenvalue weighted by Crippen LogP contribution is 2.81. The van der Waals surface area contributed by atoms with Gasteiger partial charge in [-0.25, -0.2) is 4.79 Å². The van der Waals surface area contributed by atoms with Crippen molar-refractivity contribution in [3.63, 3.8) is 0 Å². The second-order valence-corrected chi connectivity index (χ2v) is 18.6. The van der Waals surface area contributed by atoms with Crippen LogP contribution >= 0.6 is 0 Å². The Hall–Kier alpha value is -2.53. The van der Waals surface area contributed by atoms with Gasteiger partial charge in [-0.1, -0.05) is 32.0 Å². The molecule has 322 valence electrons. The van der Waals surface area contributed by atoms with E-state index in [0.29, 0.717) is 31.2 Å². The van der Waals surface area contributed by atoms with Gasteiger partial charge in [-0.05, 0) is 89.2 Å². The number of benzene rings is 1. The van der Waals surface area contributed by atoms with Gasteiger partial charge in [0.25, 0.3) is 0 Å². The summed E-state index contributed by atoms with van der Waals surface area (Å²) in [5, 5.41) is 21.4. The summed E-state index contributed by atoms with van der Waals surface area (Å²) in [6, 6.07) is 8.86. The lowest BCUT2D eigenvalue weighted by Crippen LogP contribution is -2.70. The molecule has 3 aliphatic heterocycles. The SMILES string of the molecule is COC1CC(OC2CC[C@@]3(C)[C@H](CC[C@@]45O[C@@]46CC[C@H](C(C)=O)[C@@]6(C)C(OC(C)=O)C(OC(=O)c4ccccc4)[C@@H]35)C2)OC(C)C1OC1OC(C)C(O)C(OC)C1O. The zero-order valence-electron chi connectivity index (χ0n) is 35.0. The molecule has 12 unspecified atom stereocenters. The van der Waals surface area contributed by atoms with Crippen LogP contribution in [0.25, 0.3) is 0 Å². The number of carbonyl (C=O) groups is 3. The molecule has 3 saturated heterocycles. The highest BCUT2D eigenvalue weighted by Gasteiger charge is 2.91. The summed E-state index contributed by atoms with van der Waals surface area (Å²) >= 11 is 0. The van der Waals surface area contributed by atoms with Crippen molar-refractivity contribution in [1.82, 2.24) is 0 Å².